The van der Waals surface area contributed by atoms with E-state index in [-0.39, 0.29) is 25.6 Å². The third kappa shape index (κ3) is 6.15. The van der Waals surface area contributed by atoms with Crippen molar-refractivity contribution in [2.24, 2.45) is 0 Å². The summed E-state index contributed by atoms with van der Waals surface area (Å²) in [6, 6.07) is 2.53. The quantitative estimate of drug-likeness (QED) is 0.374. The summed E-state index contributed by atoms with van der Waals surface area (Å²) in [7, 11) is 0. The van der Waals surface area contributed by atoms with Gasteiger partial charge in [0.25, 0.3) is 0 Å². The van der Waals surface area contributed by atoms with E-state index in [1.54, 1.807) is 19.1 Å². The van der Waals surface area contributed by atoms with E-state index in [2.05, 4.69) is 5.32 Å². The molecule has 1 aliphatic rings. The Labute approximate surface area is 178 Å². The molecule has 29 heavy (non-hydrogen) atoms. The van der Waals surface area contributed by atoms with E-state index >= 15 is 0 Å². The monoisotopic (exact) mass is 445 g/mol. The van der Waals surface area contributed by atoms with E-state index in [1.165, 1.54) is 4.31 Å². The predicted octanol–water partition coefficient (Wildman–Crippen LogP) is 2.96. The van der Waals surface area contributed by atoms with Crippen molar-refractivity contribution in [3.8, 4) is 0 Å². The molecule has 0 bridgehead atoms. The molecule has 0 spiro atoms. The molecular formula is C19H26ClN2O6S-. The van der Waals surface area contributed by atoms with Crippen LogP contribution in [0.25, 0.3) is 0 Å². The van der Waals surface area contributed by atoms with Crippen LogP contribution in [0.2, 0.25) is 0 Å². The predicted molar refractivity (Wildman–Crippen MR) is 108 cm³/mol. The van der Waals surface area contributed by atoms with Gasteiger partial charge in [0.15, 0.2) is 0 Å². The number of hydrogen-bond donors (Lipinski definition) is 1. The van der Waals surface area contributed by atoms with Gasteiger partial charge in [-0.1, -0.05) is 6.07 Å². The van der Waals surface area contributed by atoms with Gasteiger partial charge in [-0.2, -0.15) is 0 Å². The third-order valence-electron chi connectivity index (χ3n) is 4.47. The van der Waals surface area contributed by atoms with Gasteiger partial charge in [0, 0.05) is 34.8 Å². The van der Waals surface area contributed by atoms with Crippen LogP contribution >= 0.6 is 11.6 Å². The minimum atomic E-state index is -2.57. The number of amides is 1. The molecule has 10 heteroatoms. The van der Waals surface area contributed by atoms with Crippen molar-refractivity contribution in [1.29, 1.82) is 0 Å². The van der Waals surface area contributed by atoms with Crippen LogP contribution < -0.4 is 5.32 Å². The van der Waals surface area contributed by atoms with Gasteiger partial charge in [-0.25, -0.2) is 13.9 Å². The largest absolute Gasteiger partial charge is 0.760 e. The van der Waals surface area contributed by atoms with Gasteiger partial charge in [0.05, 0.1) is 11.6 Å². The van der Waals surface area contributed by atoms with Gasteiger partial charge in [0.1, 0.15) is 13.2 Å². The number of ether oxygens (including phenoxy) is 2. The van der Waals surface area contributed by atoms with Crippen molar-refractivity contribution >= 4 is 34.9 Å². The number of carbonyl (C=O) groups is 2. The number of halogens is 1. The Morgan fingerprint density at radius 2 is 2.14 bits per heavy atom. The number of nitrogens with zero attached hydrogens (tertiary/aromatic N) is 1. The van der Waals surface area contributed by atoms with Crippen LogP contribution in [0.1, 0.15) is 60.3 Å². The van der Waals surface area contributed by atoms with Crippen LogP contribution in [0.4, 0.5) is 4.79 Å². The first-order valence-corrected chi connectivity index (χ1v) is 10.8. The summed E-state index contributed by atoms with van der Waals surface area (Å²) in [5, 5.41) is 2.68. The van der Waals surface area contributed by atoms with Crippen molar-refractivity contribution in [2.45, 2.75) is 52.3 Å². The molecule has 1 unspecified atom stereocenters. The number of hydrogen-bond acceptors (Lipinski definition) is 6. The average molecular weight is 446 g/mol. The third-order valence-corrected chi connectivity index (χ3v) is 5.55. The molecule has 1 aromatic rings. The van der Waals surface area contributed by atoms with Crippen LogP contribution in [0, 0.1) is 6.92 Å². The molecule has 2 rings (SSSR count). The summed E-state index contributed by atoms with van der Waals surface area (Å²) in [6.07, 6.45) is -0.208. The summed E-state index contributed by atoms with van der Waals surface area (Å²) < 4.78 is 35.5. The van der Waals surface area contributed by atoms with Gasteiger partial charge in [-0.3, -0.25) is 4.21 Å². The molecule has 0 saturated heterocycles. The molecule has 1 N–H and O–H groups in total. The molecule has 2 atom stereocenters. The number of alkyl halides is 1. The second-order valence-corrected chi connectivity index (χ2v) is 9.05. The Hall–Kier alpha value is -1.68. The zero-order chi connectivity index (χ0) is 21.8. The van der Waals surface area contributed by atoms with Crippen molar-refractivity contribution < 1.29 is 27.8 Å². The average Bonchev–Trinajstić information content (AvgIpc) is 2.99. The fraction of sp³-hybridized carbons (Fsp3) is 0.579. The summed E-state index contributed by atoms with van der Waals surface area (Å²) in [5.74, 6) is -0.115. The Kier molecular flexibility index (Phi) is 8.04. The van der Waals surface area contributed by atoms with E-state index in [4.69, 9.17) is 21.1 Å². The molecule has 0 aliphatic carbocycles. The lowest BCUT2D eigenvalue weighted by Crippen LogP contribution is -2.42. The smallest absolute Gasteiger partial charge is 0.407 e. The molecule has 0 radical (unpaired) electrons. The highest BCUT2D eigenvalue weighted by Crippen LogP contribution is 2.32. The van der Waals surface area contributed by atoms with Crippen molar-refractivity contribution in [3.63, 3.8) is 0 Å². The molecule has 162 valence electrons. The number of alkyl carbamates (subject to hydrolysis) is 1. The Morgan fingerprint density at radius 1 is 1.45 bits per heavy atom. The van der Waals surface area contributed by atoms with Gasteiger partial charge < -0.3 is 19.3 Å². The summed E-state index contributed by atoms with van der Waals surface area (Å²) in [4.78, 5) is 23.9. The molecule has 8 nitrogen and oxygen atoms in total. The number of benzene rings is 1. The fourth-order valence-electron chi connectivity index (χ4n) is 3.10. The summed E-state index contributed by atoms with van der Waals surface area (Å²) >= 11 is 3.18. The summed E-state index contributed by atoms with van der Waals surface area (Å²) in [6.45, 7) is 7.35. The van der Waals surface area contributed by atoms with Crippen molar-refractivity contribution in [2.75, 3.05) is 19.0 Å². The summed E-state index contributed by atoms with van der Waals surface area (Å²) in [5.41, 5.74) is 2.06. The minimum Gasteiger partial charge on any atom is -0.760 e. The lowest BCUT2D eigenvalue weighted by Gasteiger charge is -2.34. The lowest BCUT2D eigenvalue weighted by atomic mass is 9.94. The van der Waals surface area contributed by atoms with E-state index in [1.807, 2.05) is 20.8 Å². The van der Waals surface area contributed by atoms with E-state index < -0.39 is 34.9 Å². The Bertz CT molecular complexity index is 796. The van der Waals surface area contributed by atoms with Crippen LogP contribution in [-0.2, 0) is 27.3 Å². The molecule has 0 fully saturated rings. The maximum atomic E-state index is 12.1. The van der Waals surface area contributed by atoms with Gasteiger partial charge in [-0.05, 0) is 51.3 Å². The van der Waals surface area contributed by atoms with Crippen LogP contribution in [0.5, 0.6) is 0 Å². The number of carbonyl (C=O) groups excluding carboxylic acids is 2. The highest BCUT2D eigenvalue weighted by Gasteiger charge is 2.30. The molecule has 1 aromatic carbocycles. The molecule has 1 aliphatic heterocycles. The standard InChI is InChI=1S/C19H27ClN2O6S/c1-12-13(6-7-14-15(12)10-27-17(14)23)16(22(29(25)26)9-5-8-20)11-28-18(24)21-19(2,3)4/h6-7,16H,5,8-11H2,1-4H3,(H,21,24)(H,25,26)/p-1/t16-/m0/s1. The van der Waals surface area contributed by atoms with Crippen LogP contribution in [-0.4, -0.2) is 49.7 Å². The van der Waals surface area contributed by atoms with Gasteiger partial charge in [0.2, 0.25) is 0 Å². The second-order valence-electron chi connectivity index (χ2n) is 7.77. The maximum Gasteiger partial charge on any atom is 0.407 e. The van der Waals surface area contributed by atoms with Gasteiger partial charge >= 0.3 is 12.1 Å². The van der Waals surface area contributed by atoms with Crippen molar-refractivity contribution in [3.05, 3.63) is 34.4 Å². The second kappa shape index (κ2) is 9.88. The first-order valence-electron chi connectivity index (χ1n) is 9.21. The van der Waals surface area contributed by atoms with Gasteiger partial charge in [-0.15, -0.1) is 11.6 Å². The fourth-order valence-corrected chi connectivity index (χ4v) is 3.88. The molecule has 1 amide bonds. The Morgan fingerprint density at radius 3 is 2.72 bits per heavy atom. The van der Waals surface area contributed by atoms with E-state index in [0.29, 0.717) is 23.1 Å². The molecule has 0 aromatic heterocycles. The lowest BCUT2D eigenvalue weighted by molar-refractivity contribution is 0.0534. The highest BCUT2D eigenvalue weighted by molar-refractivity contribution is 7.76. The zero-order valence-corrected chi connectivity index (χ0v) is 18.5. The van der Waals surface area contributed by atoms with E-state index in [9.17, 15) is 18.4 Å². The highest BCUT2D eigenvalue weighted by atomic mass is 35.5. The van der Waals surface area contributed by atoms with Crippen LogP contribution in [0.15, 0.2) is 12.1 Å². The number of cyclic esters (lactones) is 1. The first kappa shape index (κ1) is 23.6. The number of esters is 1. The maximum absolute atomic E-state index is 12.1. The molecular weight excluding hydrogens is 420 g/mol. The number of rotatable bonds is 8. The van der Waals surface area contributed by atoms with Crippen molar-refractivity contribution in [1.82, 2.24) is 9.62 Å². The Balaban J connectivity index is 2.35. The zero-order valence-electron chi connectivity index (χ0n) is 17.0. The number of fused-ring (bicyclic) bond motifs is 1. The molecule has 1 heterocycles. The topological polar surface area (TPSA) is 108 Å². The van der Waals surface area contributed by atoms with E-state index in [0.717, 1.165) is 5.56 Å². The molecule has 0 saturated carbocycles. The SMILES string of the molecule is Cc1c([C@H](COC(=O)NC(C)(C)C)N(CCCCl)S(=O)[O-])ccc2c1COC2=O. The number of nitrogens with one attached hydrogen (secondary N) is 1. The first-order chi connectivity index (χ1) is 13.5. The van der Waals surface area contributed by atoms with Crippen LogP contribution in [0.3, 0.4) is 0 Å². The normalized spacial score (nSPS) is 15.6. The minimum absolute atomic E-state index is 0.133.